The van der Waals surface area contributed by atoms with Crippen molar-refractivity contribution in [3.05, 3.63) is 35.4 Å². The molecular weight excluding hydrogens is 222 g/mol. The van der Waals surface area contributed by atoms with Gasteiger partial charge in [0.2, 0.25) is 0 Å². The summed E-state index contributed by atoms with van der Waals surface area (Å²) in [4.78, 5) is 11.5. The Bertz CT molecular complexity index is 352. The SMILES string of the molecule is O=C(CCCCCl)c1ccc(F)c(F)c1. The van der Waals surface area contributed by atoms with Crippen LogP contribution in [0.5, 0.6) is 0 Å². The Hall–Kier alpha value is -0.960. The molecule has 1 rings (SSSR count). The fraction of sp³-hybridized carbons (Fsp3) is 0.364. The van der Waals surface area contributed by atoms with E-state index in [0.29, 0.717) is 18.7 Å². The van der Waals surface area contributed by atoms with Gasteiger partial charge in [0, 0.05) is 17.9 Å². The number of carbonyl (C=O) groups is 1. The third-order valence-electron chi connectivity index (χ3n) is 2.03. The van der Waals surface area contributed by atoms with Crippen molar-refractivity contribution in [3.63, 3.8) is 0 Å². The second kappa shape index (κ2) is 5.81. The molecule has 0 N–H and O–H groups in total. The zero-order valence-electron chi connectivity index (χ0n) is 8.10. The summed E-state index contributed by atoms with van der Waals surface area (Å²) in [5.41, 5.74) is 0.212. The first-order chi connectivity index (χ1) is 7.15. The predicted octanol–water partition coefficient (Wildman–Crippen LogP) is 3.56. The molecule has 0 radical (unpaired) electrons. The van der Waals surface area contributed by atoms with Crippen molar-refractivity contribution < 1.29 is 13.6 Å². The van der Waals surface area contributed by atoms with Gasteiger partial charge in [-0.2, -0.15) is 0 Å². The highest BCUT2D eigenvalue weighted by Gasteiger charge is 2.09. The maximum atomic E-state index is 12.8. The summed E-state index contributed by atoms with van der Waals surface area (Å²) in [6, 6.07) is 3.18. The van der Waals surface area contributed by atoms with E-state index >= 15 is 0 Å². The van der Waals surface area contributed by atoms with Gasteiger partial charge in [-0.3, -0.25) is 4.79 Å². The van der Waals surface area contributed by atoms with Gasteiger partial charge in [0.1, 0.15) is 0 Å². The number of unbranched alkanes of at least 4 members (excludes halogenated alkanes) is 1. The van der Waals surface area contributed by atoms with Crippen LogP contribution in [0.1, 0.15) is 29.6 Å². The van der Waals surface area contributed by atoms with E-state index in [4.69, 9.17) is 11.6 Å². The Balaban J connectivity index is 2.62. The van der Waals surface area contributed by atoms with Gasteiger partial charge in [0.05, 0.1) is 0 Å². The fourth-order valence-electron chi connectivity index (χ4n) is 1.19. The largest absolute Gasteiger partial charge is 0.294 e. The first-order valence-electron chi connectivity index (χ1n) is 4.69. The summed E-state index contributed by atoms with van der Waals surface area (Å²) in [7, 11) is 0. The standard InChI is InChI=1S/C11H11ClF2O/c12-6-2-1-3-11(15)8-4-5-9(13)10(14)7-8/h4-5,7H,1-3,6H2. The van der Waals surface area contributed by atoms with Gasteiger partial charge < -0.3 is 0 Å². The molecule has 1 aromatic rings. The Morgan fingerprint density at radius 2 is 1.93 bits per heavy atom. The number of hydrogen-bond donors (Lipinski definition) is 0. The molecule has 0 spiro atoms. The quantitative estimate of drug-likeness (QED) is 0.431. The highest BCUT2D eigenvalue weighted by molar-refractivity contribution is 6.17. The number of carbonyl (C=O) groups excluding carboxylic acids is 1. The van der Waals surface area contributed by atoms with E-state index in [9.17, 15) is 13.6 Å². The number of halogens is 3. The molecule has 15 heavy (non-hydrogen) atoms. The topological polar surface area (TPSA) is 17.1 Å². The molecule has 4 heteroatoms. The maximum absolute atomic E-state index is 12.8. The molecule has 0 aliphatic heterocycles. The fourth-order valence-corrected chi connectivity index (χ4v) is 1.38. The molecule has 0 amide bonds. The van der Waals surface area contributed by atoms with Crippen LogP contribution in [0.2, 0.25) is 0 Å². The van der Waals surface area contributed by atoms with Crippen molar-refractivity contribution in [2.75, 3.05) is 5.88 Å². The summed E-state index contributed by atoms with van der Waals surface area (Å²) in [6.07, 6.45) is 1.73. The maximum Gasteiger partial charge on any atom is 0.162 e. The second-order valence-corrected chi connectivity index (χ2v) is 3.58. The molecule has 0 bridgehead atoms. The number of benzene rings is 1. The number of alkyl halides is 1. The first kappa shape index (κ1) is 12.1. The van der Waals surface area contributed by atoms with Crippen LogP contribution < -0.4 is 0 Å². The molecule has 0 unspecified atom stereocenters. The summed E-state index contributed by atoms with van der Waals surface area (Å²) in [5, 5.41) is 0. The average Bonchev–Trinajstić information content (AvgIpc) is 2.22. The molecule has 0 saturated carbocycles. The van der Waals surface area contributed by atoms with E-state index < -0.39 is 11.6 Å². The van der Waals surface area contributed by atoms with Crippen molar-refractivity contribution in [2.45, 2.75) is 19.3 Å². The molecular formula is C11H11ClF2O. The molecule has 1 aromatic carbocycles. The number of ketones is 1. The number of hydrogen-bond acceptors (Lipinski definition) is 1. The summed E-state index contributed by atoms with van der Waals surface area (Å²) in [6.45, 7) is 0. The third-order valence-corrected chi connectivity index (χ3v) is 2.30. The van der Waals surface area contributed by atoms with E-state index in [1.165, 1.54) is 6.07 Å². The highest BCUT2D eigenvalue weighted by atomic mass is 35.5. The van der Waals surface area contributed by atoms with Crippen LogP contribution in [0.3, 0.4) is 0 Å². The average molecular weight is 233 g/mol. The minimum atomic E-state index is -0.988. The van der Waals surface area contributed by atoms with Gasteiger partial charge in [0.15, 0.2) is 17.4 Å². The van der Waals surface area contributed by atoms with Crippen LogP contribution in [-0.4, -0.2) is 11.7 Å². The van der Waals surface area contributed by atoms with Crippen molar-refractivity contribution in [2.24, 2.45) is 0 Å². The van der Waals surface area contributed by atoms with E-state index in [0.717, 1.165) is 18.6 Å². The normalized spacial score (nSPS) is 10.3. The van der Waals surface area contributed by atoms with Crippen molar-refractivity contribution >= 4 is 17.4 Å². The number of rotatable bonds is 5. The van der Waals surface area contributed by atoms with Crippen LogP contribution in [0.15, 0.2) is 18.2 Å². The lowest BCUT2D eigenvalue weighted by Crippen LogP contribution is -2.00. The molecule has 0 saturated heterocycles. The zero-order valence-corrected chi connectivity index (χ0v) is 8.86. The molecule has 0 aromatic heterocycles. The first-order valence-corrected chi connectivity index (χ1v) is 5.23. The predicted molar refractivity (Wildman–Crippen MR) is 55.3 cm³/mol. The Morgan fingerprint density at radius 1 is 1.20 bits per heavy atom. The van der Waals surface area contributed by atoms with Gasteiger partial charge in [-0.05, 0) is 31.0 Å². The van der Waals surface area contributed by atoms with Gasteiger partial charge in [-0.1, -0.05) is 0 Å². The smallest absolute Gasteiger partial charge is 0.162 e. The van der Waals surface area contributed by atoms with Gasteiger partial charge in [0.25, 0.3) is 0 Å². The minimum absolute atomic E-state index is 0.181. The molecule has 0 atom stereocenters. The third kappa shape index (κ3) is 3.59. The molecule has 0 heterocycles. The van der Waals surface area contributed by atoms with Crippen LogP contribution >= 0.6 is 11.6 Å². The van der Waals surface area contributed by atoms with E-state index in [-0.39, 0.29) is 11.3 Å². The Kier molecular flexibility index (Phi) is 4.69. The molecule has 0 aliphatic rings. The van der Waals surface area contributed by atoms with Crippen LogP contribution in [-0.2, 0) is 0 Å². The van der Waals surface area contributed by atoms with Crippen molar-refractivity contribution in [1.29, 1.82) is 0 Å². The van der Waals surface area contributed by atoms with Crippen molar-refractivity contribution in [3.8, 4) is 0 Å². The molecule has 0 aliphatic carbocycles. The van der Waals surface area contributed by atoms with E-state index in [1.54, 1.807) is 0 Å². The van der Waals surface area contributed by atoms with Gasteiger partial charge in [-0.15, -0.1) is 11.6 Å². The van der Waals surface area contributed by atoms with E-state index in [1.807, 2.05) is 0 Å². The summed E-state index contributed by atoms with van der Waals surface area (Å²) in [5.74, 6) is -1.60. The molecule has 0 fully saturated rings. The monoisotopic (exact) mass is 232 g/mol. The lowest BCUT2D eigenvalue weighted by molar-refractivity contribution is 0.0979. The summed E-state index contributed by atoms with van der Waals surface area (Å²) < 4.78 is 25.3. The van der Waals surface area contributed by atoms with Crippen LogP contribution in [0.4, 0.5) is 8.78 Å². The second-order valence-electron chi connectivity index (χ2n) is 3.20. The molecule has 1 nitrogen and oxygen atoms in total. The number of Topliss-reactive ketones (excluding diaryl/α,β-unsaturated/α-hetero) is 1. The highest BCUT2D eigenvalue weighted by Crippen LogP contribution is 2.12. The Labute approximate surface area is 92.1 Å². The summed E-state index contributed by atoms with van der Waals surface area (Å²) >= 11 is 5.46. The van der Waals surface area contributed by atoms with Gasteiger partial charge >= 0.3 is 0 Å². The minimum Gasteiger partial charge on any atom is -0.294 e. The molecule has 82 valence electrons. The lowest BCUT2D eigenvalue weighted by Gasteiger charge is -2.00. The van der Waals surface area contributed by atoms with Crippen LogP contribution in [0.25, 0.3) is 0 Å². The Morgan fingerprint density at radius 3 is 2.53 bits per heavy atom. The van der Waals surface area contributed by atoms with Gasteiger partial charge in [-0.25, -0.2) is 8.78 Å². The van der Waals surface area contributed by atoms with Crippen molar-refractivity contribution in [1.82, 2.24) is 0 Å². The lowest BCUT2D eigenvalue weighted by atomic mass is 10.1. The van der Waals surface area contributed by atoms with E-state index in [2.05, 4.69) is 0 Å². The zero-order chi connectivity index (χ0) is 11.3. The van der Waals surface area contributed by atoms with Crippen LogP contribution in [0, 0.1) is 11.6 Å².